The summed E-state index contributed by atoms with van der Waals surface area (Å²) in [5, 5.41) is 18.4. The molecule has 98 valence electrons. The van der Waals surface area contributed by atoms with E-state index in [1.54, 1.807) is 0 Å². The standard InChI is InChI=1S/C12H13F2NO3/c13-12(14)3-5-15(6-4-12)11(18)8-1-2-9(16)10(17)7-8/h1-2,7,16-17H,3-6H2. The van der Waals surface area contributed by atoms with E-state index in [0.29, 0.717) is 0 Å². The zero-order chi connectivity index (χ0) is 13.3. The number of hydrogen-bond donors (Lipinski definition) is 2. The Bertz CT molecular complexity index is 466. The molecule has 2 rings (SSSR count). The summed E-state index contributed by atoms with van der Waals surface area (Å²) in [7, 11) is 0. The third-order valence-corrected chi connectivity index (χ3v) is 3.00. The third kappa shape index (κ3) is 2.52. The maximum atomic E-state index is 12.9. The van der Waals surface area contributed by atoms with Crippen LogP contribution in [0.15, 0.2) is 18.2 Å². The zero-order valence-electron chi connectivity index (χ0n) is 9.57. The molecular weight excluding hydrogens is 244 g/mol. The van der Waals surface area contributed by atoms with Crippen LogP contribution in [0.1, 0.15) is 23.2 Å². The first-order valence-corrected chi connectivity index (χ1v) is 5.58. The summed E-state index contributed by atoms with van der Waals surface area (Å²) in [6.07, 6.45) is -0.689. The molecule has 0 radical (unpaired) electrons. The summed E-state index contributed by atoms with van der Waals surface area (Å²) in [4.78, 5) is 13.3. The van der Waals surface area contributed by atoms with E-state index in [9.17, 15) is 18.7 Å². The first-order chi connectivity index (χ1) is 8.39. The minimum Gasteiger partial charge on any atom is -0.504 e. The van der Waals surface area contributed by atoms with Crippen LogP contribution in [0.25, 0.3) is 0 Å². The SMILES string of the molecule is O=C(c1ccc(O)c(O)c1)N1CCC(F)(F)CC1. The summed E-state index contributed by atoms with van der Waals surface area (Å²) >= 11 is 0. The Morgan fingerprint density at radius 2 is 1.78 bits per heavy atom. The number of benzene rings is 1. The van der Waals surface area contributed by atoms with E-state index in [1.807, 2.05) is 0 Å². The topological polar surface area (TPSA) is 60.8 Å². The number of rotatable bonds is 1. The fourth-order valence-electron chi connectivity index (χ4n) is 1.88. The van der Waals surface area contributed by atoms with E-state index in [-0.39, 0.29) is 37.2 Å². The van der Waals surface area contributed by atoms with Gasteiger partial charge in [-0.3, -0.25) is 4.79 Å². The van der Waals surface area contributed by atoms with Gasteiger partial charge in [0.1, 0.15) is 0 Å². The first-order valence-electron chi connectivity index (χ1n) is 5.58. The van der Waals surface area contributed by atoms with Crippen LogP contribution in [-0.4, -0.2) is 40.0 Å². The molecule has 0 aromatic heterocycles. The van der Waals surface area contributed by atoms with E-state index < -0.39 is 17.6 Å². The molecule has 0 unspecified atom stereocenters. The van der Waals surface area contributed by atoms with Crippen LogP contribution in [0.2, 0.25) is 0 Å². The van der Waals surface area contributed by atoms with Crippen molar-refractivity contribution in [2.75, 3.05) is 13.1 Å². The molecule has 1 aromatic rings. The Balaban J connectivity index is 2.10. The van der Waals surface area contributed by atoms with Crippen molar-refractivity contribution in [1.29, 1.82) is 0 Å². The number of carbonyl (C=O) groups is 1. The average molecular weight is 257 g/mol. The van der Waals surface area contributed by atoms with E-state index in [1.165, 1.54) is 17.0 Å². The predicted octanol–water partition coefficient (Wildman–Crippen LogP) is 1.97. The largest absolute Gasteiger partial charge is 0.504 e. The lowest BCUT2D eigenvalue weighted by molar-refractivity contribution is -0.0494. The van der Waals surface area contributed by atoms with Crippen molar-refractivity contribution >= 4 is 5.91 Å². The van der Waals surface area contributed by atoms with Crippen molar-refractivity contribution in [2.24, 2.45) is 0 Å². The minimum atomic E-state index is -2.70. The van der Waals surface area contributed by atoms with E-state index in [0.717, 1.165) is 6.07 Å². The van der Waals surface area contributed by atoms with Crippen LogP contribution in [0, 0.1) is 0 Å². The number of phenols is 2. The van der Waals surface area contributed by atoms with Crippen molar-refractivity contribution in [3.8, 4) is 11.5 Å². The zero-order valence-corrected chi connectivity index (χ0v) is 9.57. The summed E-state index contributed by atoms with van der Waals surface area (Å²) in [6.45, 7) is -0.0130. The number of carbonyl (C=O) groups excluding carboxylic acids is 1. The molecule has 0 atom stereocenters. The van der Waals surface area contributed by atoms with Gasteiger partial charge in [-0.2, -0.15) is 0 Å². The molecule has 1 aromatic carbocycles. The van der Waals surface area contributed by atoms with Crippen LogP contribution in [0.4, 0.5) is 8.78 Å². The smallest absolute Gasteiger partial charge is 0.253 e. The molecule has 6 heteroatoms. The van der Waals surface area contributed by atoms with Crippen molar-refractivity contribution in [3.05, 3.63) is 23.8 Å². The molecule has 0 saturated carbocycles. The second kappa shape index (κ2) is 4.44. The lowest BCUT2D eigenvalue weighted by Crippen LogP contribution is -2.42. The Kier molecular flexibility index (Phi) is 3.11. The maximum absolute atomic E-state index is 12.9. The minimum absolute atomic E-state index is 0.00648. The van der Waals surface area contributed by atoms with Gasteiger partial charge in [-0.1, -0.05) is 0 Å². The van der Waals surface area contributed by atoms with Crippen molar-refractivity contribution in [3.63, 3.8) is 0 Å². The number of likely N-dealkylation sites (tertiary alicyclic amines) is 1. The van der Waals surface area contributed by atoms with Gasteiger partial charge in [0.25, 0.3) is 11.8 Å². The first kappa shape index (κ1) is 12.6. The maximum Gasteiger partial charge on any atom is 0.253 e. The Morgan fingerprint density at radius 3 is 2.33 bits per heavy atom. The van der Waals surface area contributed by atoms with Gasteiger partial charge in [-0.15, -0.1) is 0 Å². The van der Waals surface area contributed by atoms with Crippen molar-refractivity contribution in [2.45, 2.75) is 18.8 Å². The summed E-state index contributed by atoms with van der Waals surface area (Å²) in [6, 6.07) is 3.68. The number of alkyl halides is 2. The molecule has 1 aliphatic rings. The van der Waals surface area contributed by atoms with Gasteiger partial charge >= 0.3 is 0 Å². The molecule has 0 bridgehead atoms. The van der Waals surface area contributed by atoms with Crippen LogP contribution >= 0.6 is 0 Å². The summed E-state index contributed by atoms with van der Waals surface area (Å²) in [5.41, 5.74) is 0.176. The number of halogens is 2. The number of hydrogen-bond acceptors (Lipinski definition) is 3. The van der Waals surface area contributed by atoms with Gasteiger partial charge in [0.15, 0.2) is 11.5 Å². The van der Waals surface area contributed by atoms with E-state index in [4.69, 9.17) is 5.11 Å². The highest BCUT2D eigenvalue weighted by atomic mass is 19.3. The summed E-state index contributed by atoms with van der Waals surface area (Å²) < 4.78 is 25.9. The highest BCUT2D eigenvalue weighted by Gasteiger charge is 2.35. The molecule has 1 fully saturated rings. The van der Waals surface area contributed by atoms with Gasteiger partial charge in [0.2, 0.25) is 0 Å². The number of piperidine rings is 1. The molecular formula is C12H13F2NO3. The third-order valence-electron chi connectivity index (χ3n) is 3.00. The highest BCUT2D eigenvalue weighted by molar-refractivity contribution is 5.95. The number of phenolic OH excluding ortho intramolecular Hbond substituents is 2. The fourth-order valence-corrected chi connectivity index (χ4v) is 1.88. The van der Waals surface area contributed by atoms with Gasteiger partial charge in [0.05, 0.1) is 0 Å². The fraction of sp³-hybridized carbons (Fsp3) is 0.417. The molecule has 1 saturated heterocycles. The van der Waals surface area contributed by atoms with Gasteiger partial charge < -0.3 is 15.1 Å². The van der Waals surface area contributed by atoms with Crippen LogP contribution in [-0.2, 0) is 0 Å². The van der Waals surface area contributed by atoms with Crippen LogP contribution in [0.3, 0.4) is 0 Å². The lowest BCUT2D eigenvalue weighted by atomic mass is 10.1. The average Bonchev–Trinajstić information content (AvgIpc) is 2.32. The molecule has 1 heterocycles. The molecule has 1 aliphatic heterocycles. The second-order valence-corrected chi connectivity index (χ2v) is 4.35. The van der Waals surface area contributed by atoms with Gasteiger partial charge in [-0.25, -0.2) is 8.78 Å². The second-order valence-electron chi connectivity index (χ2n) is 4.35. The number of aromatic hydroxyl groups is 2. The van der Waals surface area contributed by atoms with Crippen molar-refractivity contribution < 1.29 is 23.8 Å². The molecule has 1 amide bonds. The van der Waals surface area contributed by atoms with Gasteiger partial charge in [-0.05, 0) is 18.2 Å². The number of amides is 1. The quantitative estimate of drug-likeness (QED) is 0.756. The Labute approximate surface area is 102 Å². The van der Waals surface area contributed by atoms with Crippen LogP contribution in [0.5, 0.6) is 11.5 Å². The molecule has 18 heavy (non-hydrogen) atoms. The normalized spacial score (nSPS) is 18.7. The van der Waals surface area contributed by atoms with E-state index >= 15 is 0 Å². The molecule has 0 aliphatic carbocycles. The molecule has 0 spiro atoms. The monoisotopic (exact) mass is 257 g/mol. The summed E-state index contributed by atoms with van der Waals surface area (Å²) in [5.74, 6) is -3.84. The molecule has 4 nitrogen and oxygen atoms in total. The number of nitrogens with zero attached hydrogens (tertiary/aromatic N) is 1. The van der Waals surface area contributed by atoms with Crippen molar-refractivity contribution in [1.82, 2.24) is 4.90 Å². The molecule has 2 N–H and O–H groups in total. The highest BCUT2D eigenvalue weighted by Crippen LogP contribution is 2.30. The van der Waals surface area contributed by atoms with Crippen LogP contribution < -0.4 is 0 Å². The predicted molar refractivity (Wildman–Crippen MR) is 59.9 cm³/mol. The Hall–Kier alpha value is -1.85. The lowest BCUT2D eigenvalue weighted by Gasteiger charge is -2.31. The van der Waals surface area contributed by atoms with Gasteiger partial charge in [0, 0.05) is 31.5 Å². The van der Waals surface area contributed by atoms with E-state index in [2.05, 4.69) is 0 Å². The Morgan fingerprint density at radius 1 is 1.17 bits per heavy atom.